The Morgan fingerprint density at radius 2 is 1.70 bits per heavy atom. The van der Waals surface area contributed by atoms with Crippen LogP contribution < -0.4 is 0 Å². The Labute approximate surface area is 59.6 Å². The van der Waals surface area contributed by atoms with Crippen LogP contribution in [0.5, 0.6) is 0 Å². The summed E-state index contributed by atoms with van der Waals surface area (Å²) < 4.78 is 9.87. The third kappa shape index (κ3) is 1.40. The lowest BCUT2D eigenvalue weighted by atomic mass is 10.5. The van der Waals surface area contributed by atoms with E-state index in [4.69, 9.17) is 9.47 Å². The van der Waals surface area contributed by atoms with E-state index in [2.05, 4.69) is 9.98 Å². The standard InChI is InChI=1S/C6H10N2O2/c1-9-6(10-2)5-7-3-4-8-5/h3-6H,1-2H3. The van der Waals surface area contributed by atoms with Crippen molar-refractivity contribution < 1.29 is 9.47 Å². The molecule has 0 radical (unpaired) electrons. The van der Waals surface area contributed by atoms with Gasteiger partial charge in [0.2, 0.25) is 0 Å². The van der Waals surface area contributed by atoms with Gasteiger partial charge in [-0.2, -0.15) is 0 Å². The second-order valence-corrected chi connectivity index (χ2v) is 1.85. The Hall–Kier alpha value is -0.740. The van der Waals surface area contributed by atoms with Crippen molar-refractivity contribution in [3.05, 3.63) is 0 Å². The van der Waals surface area contributed by atoms with Crippen LogP contribution in [-0.4, -0.2) is 39.1 Å². The van der Waals surface area contributed by atoms with E-state index in [9.17, 15) is 0 Å². The molecule has 0 spiro atoms. The molecule has 1 rings (SSSR count). The summed E-state index contributed by atoms with van der Waals surface area (Å²) in [5.74, 6) is 0. The lowest BCUT2D eigenvalue weighted by molar-refractivity contribution is -0.113. The van der Waals surface area contributed by atoms with Gasteiger partial charge in [0.15, 0.2) is 12.5 Å². The molecule has 10 heavy (non-hydrogen) atoms. The molecule has 4 heteroatoms. The lowest BCUT2D eigenvalue weighted by Gasteiger charge is -2.14. The maximum absolute atomic E-state index is 4.93. The highest BCUT2D eigenvalue weighted by molar-refractivity contribution is 6.17. The van der Waals surface area contributed by atoms with E-state index in [0.29, 0.717) is 0 Å². The van der Waals surface area contributed by atoms with E-state index in [1.54, 1.807) is 26.6 Å². The zero-order chi connectivity index (χ0) is 7.40. The number of methoxy groups -OCH3 is 2. The quantitative estimate of drug-likeness (QED) is 0.524. The smallest absolute Gasteiger partial charge is 0.199 e. The molecule has 0 N–H and O–H groups in total. The van der Waals surface area contributed by atoms with Crippen LogP contribution >= 0.6 is 0 Å². The van der Waals surface area contributed by atoms with Gasteiger partial charge in [0.25, 0.3) is 0 Å². The number of hydrogen-bond acceptors (Lipinski definition) is 4. The zero-order valence-electron chi connectivity index (χ0n) is 6.02. The van der Waals surface area contributed by atoms with Crippen molar-refractivity contribution in [2.45, 2.75) is 12.5 Å². The van der Waals surface area contributed by atoms with Crippen molar-refractivity contribution in [2.75, 3.05) is 14.2 Å². The van der Waals surface area contributed by atoms with Gasteiger partial charge in [-0.15, -0.1) is 0 Å². The highest BCUT2D eigenvalue weighted by Crippen LogP contribution is 2.06. The molecule has 0 saturated heterocycles. The molecule has 0 unspecified atom stereocenters. The molecule has 0 saturated carbocycles. The first-order valence-electron chi connectivity index (χ1n) is 2.99. The van der Waals surface area contributed by atoms with Crippen molar-refractivity contribution in [3.63, 3.8) is 0 Å². The summed E-state index contributed by atoms with van der Waals surface area (Å²) in [6.07, 6.45) is 2.70. The first-order valence-corrected chi connectivity index (χ1v) is 2.99. The second kappa shape index (κ2) is 3.43. The molecule has 0 fully saturated rings. The van der Waals surface area contributed by atoms with Gasteiger partial charge in [-0.1, -0.05) is 0 Å². The SMILES string of the molecule is COC(OC)C1N=CC=N1. The Bertz CT molecular complexity index is 140. The average molecular weight is 142 g/mol. The van der Waals surface area contributed by atoms with Gasteiger partial charge >= 0.3 is 0 Å². The number of nitrogens with zero attached hydrogens (tertiary/aromatic N) is 2. The van der Waals surface area contributed by atoms with E-state index < -0.39 is 0 Å². The molecule has 0 aromatic carbocycles. The topological polar surface area (TPSA) is 43.2 Å². The summed E-state index contributed by atoms with van der Waals surface area (Å²) in [5, 5.41) is 0. The molecule has 0 amide bonds. The molecule has 0 aliphatic carbocycles. The fourth-order valence-corrected chi connectivity index (χ4v) is 0.772. The molecule has 1 aliphatic heterocycles. The Balaban J connectivity index is 2.45. The fraction of sp³-hybridized carbons (Fsp3) is 0.667. The molecule has 1 heterocycles. The molecule has 4 nitrogen and oxygen atoms in total. The number of hydrogen-bond donors (Lipinski definition) is 0. The Morgan fingerprint density at radius 3 is 2.10 bits per heavy atom. The van der Waals surface area contributed by atoms with E-state index in [1.165, 1.54) is 0 Å². The summed E-state index contributed by atoms with van der Waals surface area (Å²) in [7, 11) is 3.13. The number of ether oxygens (including phenoxy) is 2. The van der Waals surface area contributed by atoms with E-state index in [1.807, 2.05) is 0 Å². The van der Waals surface area contributed by atoms with Crippen molar-refractivity contribution in [2.24, 2.45) is 9.98 Å². The van der Waals surface area contributed by atoms with Crippen LogP contribution in [0.3, 0.4) is 0 Å². The van der Waals surface area contributed by atoms with E-state index in [-0.39, 0.29) is 12.5 Å². The maximum Gasteiger partial charge on any atom is 0.199 e. The van der Waals surface area contributed by atoms with Gasteiger partial charge < -0.3 is 9.47 Å². The number of aliphatic imine (C=N–C) groups is 2. The van der Waals surface area contributed by atoms with Crippen LogP contribution in [0, 0.1) is 0 Å². The largest absolute Gasteiger partial charge is 0.352 e. The molecule has 0 aromatic rings. The second-order valence-electron chi connectivity index (χ2n) is 1.85. The molecule has 0 atom stereocenters. The zero-order valence-corrected chi connectivity index (χ0v) is 6.02. The number of rotatable bonds is 3. The van der Waals surface area contributed by atoms with Crippen LogP contribution in [0.25, 0.3) is 0 Å². The van der Waals surface area contributed by atoms with Gasteiger partial charge in [-0.25, -0.2) is 0 Å². The van der Waals surface area contributed by atoms with E-state index >= 15 is 0 Å². The maximum atomic E-state index is 4.93. The molecule has 0 aromatic heterocycles. The van der Waals surface area contributed by atoms with Crippen LogP contribution in [0.4, 0.5) is 0 Å². The van der Waals surface area contributed by atoms with Gasteiger partial charge in [0.05, 0.1) is 0 Å². The lowest BCUT2D eigenvalue weighted by Crippen LogP contribution is -2.25. The highest BCUT2D eigenvalue weighted by atomic mass is 16.7. The predicted molar refractivity (Wildman–Crippen MR) is 38.6 cm³/mol. The molecular formula is C6H10N2O2. The summed E-state index contributed by atoms with van der Waals surface area (Å²) >= 11 is 0. The average Bonchev–Trinajstić information content (AvgIpc) is 2.43. The van der Waals surface area contributed by atoms with Crippen LogP contribution in [0.15, 0.2) is 9.98 Å². The van der Waals surface area contributed by atoms with E-state index in [0.717, 1.165) is 0 Å². The summed E-state index contributed by atoms with van der Waals surface area (Å²) in [5.41, 5.74) is 0. The van der Waals surface area contributed by atoms with Crippen molar-refractivity contribution in [3.8, 4) is 0 Å². The van der Waals surface area contributed by atoms with Gasteiger partial charge in [0.1, 0.15) is 0 Å². The molecular weight excluding hydrogens is 132 g/mol. The van der Waals surface area contributed by atoms with Crippen molar-refractivity contribution in [1.29, 1.82) is 0 Å². The van der Waals surface area contributed by atoms with Crippen LogP contribution in [0.2, 0.25) is 0 Å². The monoisotopic (exact) mass is 142 g/mol. The minimum Gasteiger partial charge on any atom is -0.352 e. The van der Waals surface area contributed by atoms with Gasteiger partial charge in [-0.05, 0) is 0 Å². The predicted octanol–water partition coefficient (Wildman–Crippen LogP) is 0.0866. The normalized spacial score (nSPS) is 17.5. The molecule has 0 bridgehead atoms. The molecule has 56 valence electrons. The first kappa shape index (κ1) is 7.37. The summed E-state index contributed by atoms with van der Waals surface area (Å²) in [4.78, 5) is 7.96. The summed E-state index contributed by atoms with van der Waals surface area (Å²) in [6, 6.07) is 0. The minimum absolute atomic E-state index is 0.213. The third-order valence-electron chi connectivity index (χ3n) is 1.25. The first-order chi connectivity index (χ1) is 4.88. The third-order valence-corrected chi connectivity index (χ3v) is 1.25. The Kier molecular flexibility index (Phi) is 2.53. The van der Waals surface area contributed by atoms with Crippen LogP contribution in [-0.2, 0) is 9.47 Å². The fourth-order valence-electron chi connectivity index (χ4n) is 0.772. The van der Waals surface area contributed by atoms with Gasteiger partial charge in [-0.3, -0.25) is 9.98 Å². The molecule has 1 aliphatic rings. The van der Waals surface area contributed by atoms with Crippen LogP contribution in [0.1, 0.15) is 0 Å². The highest BCUT2D eigenvalue weighted by Gasteiger charge is 2.18. The Morgan fingerprint density at radius 1 is 1.20 bits per heavy atom. The summed E-state index contributed by atoms with van der Waals surface area (Å²) in [6.45, 7) is 0. The van der Waals surface area contributed by atoms with Crippen molar-refractivity contribution in [1.82, 2.24) is 0 Å². The van der Waals surface area contributed by atoms with Gasteiger partial charge in [0, 0.05) is 26.6 Å². The van der Waals surface area contributed by atoms with Crippen molar-refractivity contribution >= 4 is 12.4 Å². The minimum atomic E-state index is -0.352.